The molecule has 1 saturated heterocycles. The predicted molar refractivity (Wildman–Crippen MR) is 97.9 cm³/mol. The quantitative estimate of drug-likeness (QED) is 0.632. The van der Waals surface area contributed by atoms with Crippen LogP contribution in [0.4, 0.5) is 0 Å². The van der Waals surface area contributed by atoms with Crippen LogP contribution in [0.5, 0.6) is 11.5 Å². The number of Topliss-reactive ketones (excluding diaryl/α,β-unsaturated/α-hetero) is 2. The lowest BCUT2D eigenvalue weighted by molar-refractivity contribution is 0.0844. The van der Waals surface area contributed by atoms with Crippen molar-refractivity contribution in [2.45, 2.75) is 57.7 Å². The van der Waals surface area contributed by atoms with Gasteiger partial charge in [0.15, 0.2) is 17.0 Å². The highest BCUT2D eigenvalue weighted by Gasteiger charge is 2.77. The molecule has 138 valence electrons. The summed E-state index contributed by atoms with van der Waals surface area (Å²) in [5, 5.41) is 21.2. The minimum absolute atomic E-state index is 0.00532. The fraction of sp³-hybridized carbons (Fsp3) is 0.429. The number of ketones is 2. The third kappa shape index (κ3) is 2.13. The molecule has 0 spiro atoms. The third-order valence-electron chi connectivity index (χ3n) is 5.61. The first-order chi connectivity index (χ1) is 11.9. The third-order valence-corrected chi connectivity index (χ3v) is 5.61. The predicted octanol–water partition coefficient (Wildman–Crippen LogP) is 3.82. The van der Waals surface area contributed by atoms with Crippen LogP contribution in [0.15, 0.2) is 30.4 Å². The number of epoxide rings is 1. The lowest BCUT2D eigenvalue weighted by Crippen LogP contribution is -2.43. The van der Waals surface area contributed by atoms with E-state index in [0.717, 1.165) is 5.57 Å². The Hall–Kier alpha value is -2.40. The first-order valence-electron chi connectivity index (χ1n) is 8.59. The Morgan fingerprint density at radius 3 is 2.42 bits per heavy atom. The molecular formula is C21H24O5. The van der Waals surface area contributed by atoms with Crippen LogP contribution in [0.25, 0.3) is 0 Å². The Kier molecular flexibility index (Phi) is 3.75. The largest absolute Gasteiger partial charge is 0.507 e. The molecule has 2 N–H and O–H groups in total. The molecule has 1 aliphatic carbocycles. The van der Waals surface area contributed by atoms with Crippen molar-refractivity contribution in [2.24, 2.45) is 0 Å². The maximum atomic E-state index is 13.1. The molecule has 1 aliphatic heterocycles. The number of carbonyl (C=O) groups excluding carboxylic acids is 2. The summed E-state index contributed by atoms with van der Waals surface area (Å²) in [6, 6.07) is 1.27. The Bertz CT molecular complexity index is 888. The van der Waals surface area contributed by atoms with Crippen LogP contribution in [0.1, 0.15) is 67.3 Å². The van der Waals surface area contributed by atoms with E-state index in [1.807, 2.05) is 19.9 Å². The van der Waals surface area contributed by atoms with Crippen LogP contribution in [-0.2, 0) is 10.2 Å². The topological polar surface area (TPSA) is 87.1 Å². The molecule has 1 heterocycles. The molecular weight excluding hydrogens is 332 g/mol. The first kappa shape index (κ1) is 18.4. The van der Waals surface area contributed by atoms with Crippen LogP contribution in [0.2, 0.25) is 0 Å². The van der Waals surface area contributed by atoms with Crippen molar-refractivity contribution in [3.8, 4) is 11.5 Å². The number of allylic oxidation sites excluding steroid dienone is 2. The SMILES string of the molecule is C=CC(C)(C)c1c(O)cc2c(c1O)C(=O)[C@@]1(C)O[C@@]1(CC=C(C)C)C2=O. The van der Waals surface area contributed by atoms with E-state index in [1.165, 1.54) is 6.07 Å². The Labute approximate surface area is 153 Å². The van der Waals surface area contributed by atoms with E-state index in [4.69, 9.17) is 4.74 Å². The summed E-state index contributed by atoms with van der Waals surface area (Å²) in [5.41, 5.74) is -2.23. The maximum absolute atomic E-state index is 13.1. The summed E-state index contributed by atoms with van der Waals surface area (Å²) < 4.78 is 5.70. The van der Waals surface area contributed by atoms with Gasteiger partial charge in [0.25, 0.3) is 0 Å². The number of hydrogen-bond acceptors (Lipinski definition) is 5. The van der Waals surface area contributed by atoms with E-state index in [9.17, 15) is 19.8 Å². The van der Waals surface area contributed by atoms with Crippen LogP contribution >= 0.6 is 0 Å². The molecule has 0 radical (unpaired) electrons. The number of rotatable bonds is 4. The minimum atomic E-state index is -1.30. The zero-order valence-electron chi connectivity index (χ0n) is 15.8. The maximum Gasteiger partial charge on any atom is 0.202 e. The fourth-order valence-electron chi connectivity index (χ4n) is 3.75. The van der Waals surface area contributed by atoms with Gasteiger partial charge in [-0.2, -0.15) is 0 Å². The number of phenolic OH excluding ortho intramolecular Hbond substituents is 2. The van der Waals surface area contributed by atoms with Gasteiger partial charge in [0.2, 0.25) is 5.78 Å². The number of hydrogen-bond donors (Lipinski definition) is 2. The summed E-state index contributed by atoms with van der Waals surface area (Å²) in [4.78, 5) is 26.2. The van der Waals surface area contributed by atoms with Crippen molar-refractivity contribution in [3.05, 3.63) is 47.1 Å². The lowest BCUT2D eigenvalue weighted by Gasteiger charge is -2.28. The standard InChI is InChI=1S/C21H24O5/c1-7-19(4,5)15-13(22)10-12-14(16(15)23)18(25)20(6)21(26-20,17(12)24)9-8-11(2)3/h7-8,10,22-23H,1,9H2,2-6H3/t20-,21+/m1/s1. The zero-order chi connectivity index (χ0) is 19.7. The van der Waals surface area contributed by atoms with Gasteiger partial charge in [0.05, 0.1) is 5.56 Å². The van der Waals surface area contributed by atoms with E-state index in [-0.39, 0.29) is 40.4 Å². The molecule has 0 saturated carbocycles. The number of ether oxygens (including phenoxy) is 1. The molecule has 0 amide bonds. The average molecular weight is 356 g/mol. The molecule has 5 heteroatoms. The highest BCUT2D eigenvalue weighted by atomic mass is 16.6. The smallest absolute Gasteiger partial charge is 0.202 e. The summed E-state index contributed by atoms with van der Waals surface area (Å²) in [5.74, 6) is -1.45. The lowest BCUT2D eigenvalue weighted by atomic mass is 9.71. The van der Waals surface area contributed by atoms with Crippen molar-refractivity contribution < 1.29 is 24.5 Å². The van der Waals surface area contributed by atoms with Crippen LogP contribution in [-0.4, -0.2) is 33.0 Å². The van der Waals surface area contributed by atoms with Gasteiger partial charge in [0.1, 0.15) is 11.5 Å². The summed E-state index contributed by atoms with van der Waals surface area (Å²) >= 11 is 0. The second kappa shape index (κ2) is 5.30. The number of phenols is 2. The summed E-state index contributed by atoms with van der Waals surface area (Å²) in [6.07, 6.45) is 3.70. The molecule has 1 aromatic carbocycles. The molecule has 0 bridgehead atoms. The minimum Gasteiger partial charge on any atom is -0.507 e. The second-order valence-corrected chi connectivity index (χ2v) is 8.07. The molecule has 1 aromatic rings. The van der Waals surface area contributed by atoms with Crippen LogP contribution in [0, 0.1) is 0 Å². The van der Waals surface area contributed by atoms with E-state index in [0.29, 0.717) is 0 Å². The molecule has 26 heavy (non-hydrogen) atoms. The summed E-state index contributed by atoms with van der Waals surface area (Å²) in [7, 11) is 0. The number of benzene rings is 1. The molecule has 2 aliphatic rings. The van der Waals surface area contributed by atoms with Crippen molar-refractivity contribution in [2.75, 3.05) is 0 Å². The van der Waals surface area contributed by atoms with Gasteiger partial charge in [-0.3, -0.25) is 9.59 Å². The number of carbonyl (C=O) groups is 2. The Morgan fingerprint density at radius 2 is 1.88 bits per heavy atom. The van der Waals surface area contributed by atoms with Crippen molar-refractivity contribution in [1.82, 2.24) is 0 Å². The van der Waals surface area contributed by atoms with Gasteiger partial charge in [-0.15, -0.1) is 6.58 Å². The van der Waals surface area contributed by atoms with Crippen LogP contribution < -0.4 is 0 Å². The van der Waals surface area contributed by atoms with Gasteiger partial charge in [-0.05, 0) is 26.8 Å². The van der Waals surface area contributed by atoms with Gasteiger partial charge in [0, 0.05) is 23.0 Å². The van der Waals surface area contributed by atoms with E-state index in [2.05, 4.69) is 6.58 Å². The van der Waals surface area contributed by atoms with Crippen LogP contribution in [0.3, 0.4) is 0 Å². The molecule has 0 aromatic heterocycles. The van der Waals surface area contributed by atoms with Crippen molar-refractivity contribution in [3.63, 3.8) is 0 Å². The van der Waals surface area contributed by atoms with E-state index >= 15 is 0 Å². The highest BCUT2D eigenvalue weighted by Crippen LogP contribution is 2.60. The van der Waals surface area contributed by atoms with E-state index in [1.54, 1.807) is 26.8 Å². The van der Waals surface area contributed by atoms with Gasteiger partial charge < -0.3 is 14.9 Å². The van der Waals surface area contributed by atoms with Gasteiger partial charge in [-0.25, -0.2) is 0 Å². The molecule has 3 rings (SSSR count). The monoisotopic (exact) mass is 356 g/mol. The second-order valence-electron chi connectivity index (χ2n) is 8.07. The number of aromatic hydroxyl groups is 2. The normalized spacial score (nSPS) is 26.8. The zero-order valence-corrected chi connectivity index (χ0v) is 15.8. The average Bonchev–Trinajstić information content (AvgIpc) is 3.18. The molecule has 1 fully saturated rings. The number of fused-ring (bicyclic) bond motifs is 2. The first-order valence-corrected chi connectivity index (χ1v) is 8.59. The van der Waals surface area contributed by atoms with Gasteiger partial charge in [-0.1, -0.05) is 31.6 Å². The Morgan fingerprint density at radius 1 is 1.27 bits per heavy atom. The highest BCUT2D eigenvalue weighted by molar-refractivity contribution is 6.26. The summed E-state index contributed by atoms with van der Waals surface area (Å²) in [6.45, 7) is 12.6. The van der Waals surface area contributed by atoms with E-state index < -0.39 is 22.4 Å². The molecule has 0 unspecified atom stereocenters. The van der Waals surface area contributed by atoms with Crippen molar-refractivity contribution in [1.29, 1.82) is 0 Å². The fourth-order valence-corrected chi connectivity index (χ4v) is 3.75. The van der Waals surface area contributed by atoms with Crippen molar-refractivity contribution >= 4 is 11.6 Å². The molecule has 5 nitrogen and oxygen atoms in total. The van der Waals surface area contributed by atoms with Gasteiger partial charge >= 0.3 is 0 Å². The Balaban J connectivity index is 2.24. The molecule has 2 atom stereocenters.